The SMILES string of the molecule is CC(CO)(NC(=O)CCl)c1cc(Br)cc([N+](=O)[O-])c1. The van der Waals surface area contributed by atoms with Gasteiger partial charge in [-0.1, -0.05) is 15.9 Å². The number of hydrogen-bond donors (Lipinski definition) is 2. The summed E-state index contributed by atoms with van der Waals surface area (Å²) < 4.78 is 0.483. The molecule has 0 saturated carbocycles. The monoisotopic (exact) mass is 350 g/mol. The maximum Gasteiger partial charge on any atom is 0.270 e. The summed E-state index contributed by atoms with van der Waals surface area (Å²) in [4.78, 5) is 21.6. The summed E-state index contributed by atoms with van der Waals surface area (Å²) in [7, 11) is 0. The van der Waals surface area contributed by atoms with Gasteiger partial charge in [-0.05, 0) is 18.6 Å². The molecule has 8 heteroatoms. The van der Waals surface area contributed by atoms with E-state index < -0.39 is 23.0 Å². The van der Waals surface area contributed by atoms with Crippen LogP contribution in [-0.4, -0.2) is 28.4 Å². The summed E-state index contributed by atoms with van der Waals surface area (Å²) in [5.41, 5.74) is -0.862. The van der Waals surface area contributed by atoms with E-state index in [4.69, 9.17) is 11.6 Å². The Labute approximate surface area is 123 Å². The van der Waals surface area contributed by atoms with Crippen LogP contribution in [0.15, 0.2) is 22.7 Å². The fraction of sp³-hybridized carbons (Fsp3) is 0.364. The molecule has 0 radical (unpaired) electrons. The standard InChI is InChI=1S/C11H12BrClN2O4/c1-11(6-16,14-10(17)5-13)7-2-8(12)4-9(3-7)15(18)19/h2-4,16H,5-6H2,1H3,(H,14,17). The van der Waals surface area contributed by atoms with Crippen LogP contribution in [0, 0.1) is 10.1 Å². The van der Waals surface area contributed by atoms with E-state index in [2.05, 4.69) is 21.2 Å². The van der Waals surface area contributed by atoms with Crippen LogP contribution in [0.25, 0.3) is 0 Å². The van der Waals surface area contributed by atoms with Crippen LogP contribution < -0.4 is 5.32 Å². The number of hydrogen-bond acceptors (Lipinski definition) is 4. The lowest BCUT2D eigenvalue weighted by Gasteiger charge is -2.29. The van der Waals surface area contributed by atoms with Crippen molar-refractivity contribution in [2.24, 2.45) is 0 Å². The first-order chi connectivity index (χ1) is 8.82. The van der Waals surface area contributed by atoms with Gasteiger partial charge in [-0.3, -0.25) is 14.9 Å². The number of carbonyl (C=O) groups is 1. The van der Waals surface area contributed by atoms with Gasteiger partial charge in [0.15, 0.2) is 0 Å². The van der Waals surface area contributed by atoms with Crippen LogP contribution in [0.5, 0.6) is 0 Å². The summed E-state index contributed by atoms with van der Waals surface area (Å²) in [5.74, 6) is -0.730. The maximum absolute atomic E-state index is 11.4. The Hall–Kier alpha value is -1.18. The third-order valence-electron chi connectivity index (χ3n) is 2.58. The molecule has 1 amide bonds. The first-order valence-electron chi connectivity index (χ1n) is 5.25. The maximum atomic E-state index is 11.4. The predicted octanol–water partition coefficient (Wildman–Crippen LogP) is 1.92. The van der Waals surface area contributed by atoms with Gasteiger partial charge in [-0.15, -0.1) is 11.6 Å². The molecule has 1 rings (SSSR count). The van der Waals surface area contributed by atoms with Crippen LogP contribution in [0.2, 0.25) is 0 Å². The number of nitrogens with zero attached hydrogens (tertiary/aromatic N) is 1. The molecule has 0 heterocycles. The second-order valence-corrected chi connectivity index (χ2v) is 5.31. The summed E-state index contributed by atoms with van der Waals surface area (Å²) >= 11 is 8.57. The second-order valence-electron chi connectivity index (χ2n) is 4.13. The Morgan fingerprint density at radius 1 is 1.58 bits per heavy atom. The minimum atomic E-state index is -1.14. The number of rotatable bonds is 5. The summed E-state index contributed by atoms with van der Waals surface area (Å²) in [5, 5.41) is 22.8. The van der Waals surface area contributed by atoms with Gasteiger partial charge >= 0.3 is 0 Å². The first-order valence-corrected chi connectivity index (χ1v) is 6.58. The van der Waals surface area contributed by atoms with E-state index in [0.717, 1.165) is 0 Å². The van der Waals surface area contributed by atoms with Crippen LogP contribution in [0.1, 0.15) is 12.5 Å². The van der Waals surface area contributed by atoms with Crippen molar-refractivity contribution in [3.05, 3.63) is 38.3 Å². The fourth-order valence-corrected chi connectivity index (χ4v) is 2.09. The fourth-order valence-electron chi connectivity index (χ4n) is 1.54. The second kappa shape index (κ2) is 6.31. The van der Waals surface area contributed by atoms with Gasteiger partial charge in [0, 0.05) is 16.6 Å². The molecule has 0 fully saturated rings. The molecule has 0 spiro atoms. The highest BCUT2D eigenvalue weighted by atomic mass is 79.9. The van der Waals surface area contributed by atoms with Crippen molar-refractivity contribution in [1.29, 1.82) is 0 Å². The van der Waals surface area contributed by atoms with Gasteiger partial charge in [-0.2, -0.15) is 0 Å². The largest absolute Gasteiger partial charge is 0.394 e. The van der Waals surface area contributed by atoms with Crippen LogP contribution in [0.4, 0.5) is 5.69 Å². The number of amides is 1. The summed E-state index contributed by atoms with van der Waals surface area (Å²) in [6, 6.07) is 4.23. The summed E-state index contributed by atoms with van der Waals surface area (Å²) in [6.07, 6.45) is 0. The van der Waals surface area contributed by atoms with E-state index in [1.807, 2.05) is 0 Å². The van der Waals surface area contributed by atoms with E-state index in [-0.39, 0.29) is 11.6 Å². The minimum absolute atomic E-state index is 0.135. The lowest BCUT2D eigenvalue weighted by atomic mass is 9.92. The number of nitrogens with one attached hydrogen (secondary N) is 1. The highest BCUT2D eigenvalue weighted by Gasteiger charge is 2.29. The molecule has 1 aromatic carbocycles. The topological polar surface area (TPSA) is 92.5 Å². The molecular formula is C11H12BrClN2O4. The van der Waals surface area contributed by atoms with Crippen LogP contribution >= 0.6 is 27.5 Å². The van der Waals surface area contributed by atoms with Crippen molar-refractivity contribution in [3.63, 3.8) is 0 Å². The third kappa shape index (κ3) is 3.89. The molecule has 0 aliphatic carbocycles. The Balaban J connectivity index is 3.24. The van der Waals surface area contributed by atoms with Crippen molar-refractivity contribution in [1.82, 2.24) is 5.32 Å². The van der Waals surface area contributed by atoms with E-state index in [1.165, 1.54) is 12.1 Å². The lowest BCUT2D eigenvalue weighted by Crippen LogP contribution is -2.46. The zero-order valence-corrected chi connectivity index (χ0v) is 12.4. The number of aliphatic hydroxyl groups excluding tert-OH is 1. The van der Waals surface area contributed by atoms with Gasteiger partial charge < -0.3 is 10.4 Å². The van der Waals surface area contributed by atoms with Crippen molar-refractivity contribution >= 4 is 39.1 Å². The van der Waals surface area contributed by atoms with Crippen LogP contribution in [-0.2, 0) is 10.3 Å². The zero-order valence-electron chi connectivity index (χ0n) is 10.0. The van der Waals surface area contributed by atoms with Crippen molar-refractivity contribution < 1.29 is 14.8 Å². The van der Waals surface area contributed by atoms with E-state index in [9.17, 15) is 20.0 Å². The van der Waals surface area contributed by atoms with Crippen molar-refractivity contribution in [2.45, 2.75) is 12.5 Å². The van der Waals surface area contributed by atoms with Crippen LogP contribution in [0.3, 0.4) is 0 Å². The van der Waals surface area contributed by atoms with E-state index in [0.29, 0.717) is 10.0 Å². The highest BCUT2D eigenvalue weighted by molar-refractivity contribution is 9.10. The molecule has 1 aromatic rings. The third-order valence-corrected chi connectivity index (χ3v) is 3.28. The zero-order chi connectivity index (χ0) is 14.6. The Kier molecular flexibility index (Phi) is 5.28. The van der Waals surface area contributed by atoms with Gasteiger partial charge in [-0.25, -0.2) is 0 Å². The molecule has 19 heavy (non-hydrogen) atoms. The molecule has 0 aliphatic heterocycles. The van der Waals surface area contributed by atoms with E-state index >= 15 is 0 Å². The molecule has 0 bridgehead atoms. The smallest absolute Gasteiger partial charge is 0.270 e. The Morgan fingerprint density at radius 3 is 2.68 bits per heavy atom. The molecule has 0 aliphatic rings. The first kappa shape index (κ1) is 15.9. The molecule has 2 N–H and O–H groups in total. The number of halogens is 2. The van der Waals surface area contributed by atoms with Crippen molar-refractivity contribution in [3.8, 4) is 0 Å². The molecule has 0 aromatic heterocycles. The Bertz CT molecular complexity index is 511. The molecular weight excluding hydrogens is 339 g/mol. The number of non-ortho nitro benzene ring substituents is 1. The van der Waals surface area contributed by atoms with Gasteiger partial charge in [0.2, 0.25) is 5.91 Å². The van der Waals surface area contributed by atoms with Crippen molar-refractivity contribution in [2.75, 3.05) is 12.5 Å². The molecule has 0 saturated heterocycles. The van der Waals surface area contributed by atoms with Gasteiger partial charge in [0.1, 0.15) is 5.88 Å². The Morgan fingerprint density at radius 2 is 2.21 bits per heavy atom. The number of benzene rings is 1. The molecule has 6 nitrogen and oxygen atoms in total. The number of aliphatic hydroxyl groups is 1. The average molecular weight is 352 g/mol. The molecule has 104 valence electrons. The van der Waals surface area contributed by atoms with E-state index in [1.54, 1.807) is 13.0 Å². The average Bonchev–Trinajstić information content (AvgIpc) is 2.37. The lowest BCUT2D eigenvalue weighted by molar-refractivity contribution is -0.385. The number of carbonyl (C=O) groups excluding carboxylic acids is 1. The van der Waals surface area contributed by atoms with Gasteiger partial charge in [0.05, 0.1) is 17.1 Å². The number of alkyl halides is 1. The predicted molar refractivity (Wildman–Crippen MR) is 74.1 cm³/mol. The summed E-state index contributed by atoms with van der Waals surface area (Å²) in [6.45, 7) is 1.15. The highest BCUT2D eigenvalue weighted by Crippen LogP contribution is 2.28. The number of nitro benzene ring substituents is 1. The minimum Gasteiger partial charge on any atom is -0.394 e. The quantitative estimate of drug-likeness (QED) is 0.481. The molecule has 1 unspecified atom stereocenters. The normalized spacial score (nSPS) is 13.7. The molecule has 1 atom stereocenters. The number of nitro groups is 1. The van der Waals surface area contributed by atoms with Gasteiger partial charge in [0.25, 0.3) is 5.69 Å².